The van der Waals surface area contributed by atoms with Crippen molar-refractivity contribution in [1.29, 1.82) is 0 Å². The first-order chi connectivity index (χ1) is 8.71. The third-order valence-electron chi connectivity index (χ3n) is 5.29. The van der Waals surface area contributed by atoms with Gasteiger partial charge in [0.1, 0.15) is 11.9 Å². The predicted molar refractivity (Wildman–Crippen MR) is 71.8 cm³/mol. The van der Waals surface area contributed by atoms with E-state index in [2.05, 4.69) is 24.1 Å². The standard InChI is InChI=1S/C15H20N2O/c1-17-8-7-15-6-2-3-12(17)14(15)18-13-5-4-10(16)9-11(13)15/h4-5,9,12,14H,2-3,6-8,16H2,1H3/t12?,14-,15-/m0/s1. The molecule has 1 saturated carbocycles. The number of hydrogen-bond donors (Lipinski definition) is 1. The molecule has 3 atom stereocenters. The van der Waals surface area contributed by atoms with Gasteiger partial charge in [0, 0.05) is 22.7 Å². The van der Waals surface area contributed by atoms with E-state index in [1.807, 2.05) is 6.07 Å². The predicted octanol–water partition coefficient (Wildman–Crippen LogP) is 2.16. The molecule has 2 aliphatic heterocycles. The molecule has 96 valence electrons. The van der Waals surface area contributed by atoms with Crippen LogP contribution in [-0.2, 0) is 5.41 Å². The maximum absolute atomic E-state index is 6.30. The highest BCUT2D eigenvalue weighted by Gasteiger charge is 2.57. The minimum absolute atomic E-state index is 0.250. The molecule has 3 nitrogen and oxygen atoms in total. The van der Waals surface area contributed by atoms with E-state index in [4.69, 9.17) is 10.5 Å². The van der Waals surface area contributed by atoms with Gasteiger partial charge >= 0.3 is 0 Å². The van der Waals surface area contributed by atoms with Gasteiger partial charge in [-0.2, -0.15) is 0 Å². The topological polar surface area (TPSA) is 38.5 Å². The molecule has 2 heterocycles. The number of likely N-dealkylation sites (N-methyl/N-ethyl adjacent to an activating group) is 1. The van der Waals surface area contributed by atoms with Gasteiger partial charge in [0.15, 0.2) is 0 Å². The number of hydrogen-bond acceptors (Lipinski definition) is 3. The van der Waals surface area contributed by atoms with E-state index in [-0.39, 0.29) is 5.41 Å². The van der Waals surface area contributed by atoms with Crippen LogP contribution in [-0.4, -0.2) is 30.6 Å². The number of rotatable bonds is 0. The summed E-state index contributed by atoms with van der Waals surface area (Å²) >= 11 is 0. The third kappa shape index (κ3) is 1.18. The number of benzene rings is 1. The van der Waals surface area contributed by atoms with Crippen LogP contribution in [0.25, 0.3) is 0 Å². The van der Waals surface area contributed by atoms with Gasteiger partial charge in [-0.05, 0) is 51.1 Å². The zero-order valence-corrected chi connectivity index (χ0v) is 10.9. The van der Waals surface area contributed by atoms with Gasteiger partial charge in [-0.3, -0.25) is 4.90 Å². The first kappa shape index (κ1) is 10.7. The summed E-state index contributed by atoms with van der Waals surface area (Å²) in [4.78, 5) is 2.48. The van der Waals surface area contributed by atoms with Gasteiger partial charge in [0.2, 0.25) is 0 Å². The van der Waals surface area contributed by atoms with Crippen LogP contribution in [0.2, 0.25) is 0 Å². The summed E-state index contributed by atoms with van der Waals surface area (Å²) in [6.45, 7) is 1.18. The van der Waals surface area contributed by atoms with E-state index in [0.717, 1.165) is 11.4 Å². The van der Waals surface area contributed by atoms with Crippen LogP contribution < -0.4 is 10.5 Å². The molecule has 1 aromatic carbocycles. The molecule has 0 radical (unpaired) electrons. The quantitative estimate of drug-likeness (QED) is 0.711. The highest BCUT2D eigenvalue weighted by atomic mass is 16.5. The van der Waals surface area contributed by atoms with Crippen molar-refractivity contribution in [3.05, 3.63) is 23.8 Å². The molecule has 18 heavy (non-hydrogen) atoms. The second-order valence-corrected chi connectivity index (χ2v) is 6.14. The third-order valence-corrected chi connectivity index (χ3v) is 5.29. The van der Waals surface area contributed by atoms with Crippen molar-refractivity contribution in [3.8, 4) is 5.75 Å². The van der Waals surface area contributed by atoms with Crippen molar-refractivity contribution in [1.82, 2.24) is 4.90 Å². The Kier molecular flexibility index (Phi) is 2.03. The average Bonchev–Trinajstić information content (AvgIpc) is 2.69. The Balaban J connectivity index is 1.87. The second-order valence-electron chi connectivity index (χ2n) is 6.14. The molecular weight excluding hydrogens is 224 g/mol. The van der Waals surface area contributed by atoms with Crippen molar-refractivity contribution >= 4 is 5.69 Å². The molecule has 4 rings (SSSR count). The lowest BCUT2D eigenvalue weighted by Gasteiger charge is -2.51. The van der Waals surface area contributed by atoms with Crippen molar-refractivity contribution in [2.45, 2.75) is 43.2 Å². The van der Waals surface area contributed by atoms with Crippen LogP contribution >= 0.6 is 0 Å². The van der Waals surface area contributed by atoms with Crippen LogP contribution in [0.3, 0.4) is 0 Å². The van der Waals surface area contributed by atoms with E-state index in [1.165, 1.54) is 37.8 Å². The summed E-state index contributed by atoms with van der Waals surface area (Å²) in [7, 11) is 2.24. The van der Waals surface area contributed by atoms with Crippen molar-refractivity contribution in [3.63, 3.8) is 0 Å². The molecular formula is C15H20N2O. The fourth-order valence-electron chi connectivity index (χ4n) is 4.34. The Labute approximate surface area is 108 Å². The SMILES string of the molecule is CN1CC[C@]23CCCC1[C@@H]2Oc1ccc(N)cc13. The molecule has 2 bridgehead atoms. The van der Waals surface area contributed by atoms with Crippen LogP contribution in [0.4, 0.5) is 5.69 Å². The van der Waals surface area contributed by atoms with Crippen LogP contribution in [0.15, 0.2) is 18.2 Å². The van der Waals surface area contributed by atoms with Crippen molar-refractivity contribution in [2.75, 3.05) is 19.3 Å². The van der Waals surface area contributed by atoms with Crippen molar-refractivity contribution < 1.29 is 4.74 Å². The van der Waals surface area contributed by atoms with Crippen LogP contribution in [0.1, 0.15) is 31.2 Å². The molecule has 1 unspecified atom stereocenters. The summed E-state index contributed by atoms with van der Waals surface area (Å²) in [6.07, 6.45) is 5.40. The number of nitrogen functional groups attached to an aromatic ring is 1. The molecule has 2 N–H and O–H groups in total. The summed E-state index contributed by atoms with van der Waals surface area (Å²) in [6, 6.07) is 6.76. The smallest absolute Gasteiger partial charge is 0.124 e. The molecule has 1 aliphatic carbocycles. The molecule has 0 aromatic heterocycles. The minimum Gasteiger partial charge on any atom is -0.488 e. The number of piperidine rings is 1. The zero-order valence-electron chi connectivity index (χ0n) is 10.9. The van der Waals surface area contributed by atoms with Gasteiger partial charge in [0.05, 0.1) is 0 Å². The lowest BCUT2D eigenvalue weighted by atomic mass is 9.62. The zero-order chi connectivity index (χ0) is 12.3. The average molecular weight is 244 g/mol. The van der Waals surface area contributed by atoms with Crippen molar-refractivity contribution in [2.24, 2.45) is 0 Å². The van der Waals surface area contributed by atoms with Crippen LogP contribution in [0.5, 0.6) is 5.75 Å². The number of likely N-dealkylation sites (tertiary alicyclic amines) is 1. The number of nitrogens with two attached hydrogens (primary N) is 1. The monoisotopic (exact) mass is 244 g/mol. The molecule has 0 spiro atoms. The largest absolute Gasteiger partial charge is 0.488 e. The highest BCUT2D eigenvalue weighted by Crippen LogP contribution is 2.55. The number of fused-ring (bicyclic) bond motifs is 1. The molecule has 3 heteroatoms. The molecule has 2 fully saturated rings. The number of nitrogens with zero attached hydrogens (tertiary/aromatic N) is 1. The first-order valence-corrected chi connectivity index (χ1v) is 6.98. The Morgan fingerprint density at radius 1 is 1.39 bits per heavy atom. The van der Waals surface area contributed by atoms with Gasteiger partial charge in [-0.15, -0.1) is 0 Å². The van der Waals surface area contributed by atoms with Gasteiger partial charge in [-0.25, -0.2) is 0 Å². The first-order valence-electron chi connectivity index (χ1n) is 6.98. The summed E-state index contributed by atoms with van der Waals surface area (Å²) < 4.78 is 6.30. The minimum atomic E-state index is 0.250. The Bertz CT molecular complexity index is 501. The summed E-state index contributed by atoms with van der Waals surface area (Å²) in [5.74, 6) is 1.08. The van der Waals surface area contributed by atoms with Crippen LogP contribution in [0, 0.1) is 0 Å². The van der Waals surface area contributed by atoms with E-state index in [1.54, 1.807) is 0 Å². The highest BCUT2D eigenvalue weighted by molar-refractivity contribution is 5.55. The van der Waals surface area contributed by atoms with E-state index in [9.17, 15) is 0 Å². The van der Waals surface area contributed by atoms with E-state index >= 15 is 0 Å². The molecule has 0 amide bonds. The van der Waals surface area contributed by atoms with E-state index in [0.29, 0.717) is 12.1 Å². The second kappa shape index (κ2) is 3.41. The fourth-order valence-corrected chi connectivity index (χ4v) is 4.34. The summed E-state index contributed by atoms with van der Waals surface area (Å²) in [5, 5.41) is 0. The Morgan fingerprint density at radius 3 is 3.17 bits per heavy atom. The lowest BCUT2D eigenvalue weighted by Crippen LogP contribution is -2.60. The molecule has 1 aromatic rings. The molecule has 3 aliphatic rings. The maximum atomic E-state index is 6.30. The van der Waals surface area contributed by atoms with Gasteiger partial charge in [-0.1, -0.05) is 6.42 Å². The number of anilines is 1. The number of ether oxygens (including phenoxy) is 1. The maximum Gasteiger partial charge on any atom is 0.124 e. The summed E-state index contributed by atoms with van der Waals surface area (Å²) in [5.41, 5.74) is 8.48. The lowest BCUT2D eigenvalue weighted by molar-refractivity contribution is -0.0303. The fraction of sp³-hybridized carbons (Fsp3) is 0.600. The Morgan fingerprint density at radius 2 is 2.28 bits per heavy atom. The normalized spacial score (nSPS) is 37.8. The molecule has 1 saturated heterocycles. The van der Waals surface area contributed by atoms with Gasteiger partial charge in [0.25, 0.3) is 0 Å². The van der Waals surface area contributed by atoms with E-state index < -0.39 is 0 Å². The Hall–Kier alpha value is -1.22. The van der Waals surface area contributed by atoms with Gasteiger partial charge < -0.3 is 10.5 Å².